The molecule has 24 heavy (non-hydrogen) atoms. The van der Waals surface area contributed by atoms with Gasteiger partial charge >= 0.3 is 0 Å². The third-order valence-electron chi connectivity index (χ3n) is 2.89. The highest BCUT2D eigenvalue weighted by molar-refractivity contribution is 6.32. The van der Waals surface area contributed by atoms with E-state index in [1.165, 1.54) is 42.6 Å². The molecule has 0 fully saturated rings. The number of rotatable bonds is 5. The molecule has 2 aromatic carbocycles. The summed E-state index contributed by atoms with van der Waals surface area (Å²) in [5.74, 6) is -0.659. The van der Waals surface area contributed by atoms with Gasteiger partial charge in [-0.1, -0.05) is 11.6 Å². The molecule has 1 amide bonds. The number of hydrogen-bond acceptors (Lipinski definition) is 6. The standard InChI is InChI=1S/C14H9ClN4O5/c15-12-6-3-10(7-13(12)19(23)24)14(20)17-16-8-9-1-4-11(5-2-9)18(21)22/h1-8H,(H,17,20). The van der Waals surface area contributed by atoms with Crippen molar-refractivity contribution in [3.05, 3.63) is 78.8 Å². The first kappa shape index (κ1) is 17.0. The van der Waals surface area contributed by atoms with Gasteiger partial charge in [-0.25, -0.2) is 5.43 Å². The van der Waals surface area contributed by atoms with Gasteiger partial charge in [0.2, 0.25) is 0 Å². The predicted octanol–water partition coefficient (Wildman–Crippen LogP) is 2.92. The van der Waals surface area contributed by atoms with E-state index < -0.39 is 15.8 Å². The highest BCUT2D eigenvalue weighted by Crippen LogP contribution is 2.24. The summed E-state index contributed by atoms with van der Waals surface area (Å²) in [6.07, 6.45) is 1.28. The number of nitro benzene ring substituents is 2. The van der Waals surface area contributed by atoms with E-state index in [4.69, 9.17) is 11.6 Å². The second kappa shape index (κ2) is 7.29. The van der Waals surface area contributed by atoms with Gasteiger partial charge in [0, 0.05) is 23.8 Å². The molecule has 0 saturated carbocycles. The lowest BCUT2D eigenvalue weighted by atomic mass is 10.2. The minimum atomic E-state index is -0.695. The average Bonchev–Trinajstić information content (AvgIpc) is 2.55. The van der Waals surface area contributed by atoms with Gasteiger partial charge in [0.05, 0.1) is 16.1 Å². The lowest BCUT2D eigenvalue weighted by Gasteiger charge is -2.01. The van der Waals surface area contributed by atoms with Crippen molar-refractivity contribution in [3.63, 3.8) is 0 Å². The molecule has 10 heteroatoms. The average molecular weight is 349 g/mol. The highest BCUT2D eigenvalue weighted by atomic mass is 35.5. The maximum absolute atomic E-state index is 11.9. The fourth-order valence-electron chi connectivity index (χ4n) is 1.71. The summed E-state index contributed by atoms with van der Waals surface area (Å²) in [4.78, 5) is 32.0. The van der Waals surface area contributed by atoms with E-state index in [-0.39, 0.29) is 22.0 Å². The van der Waals surface area contributed by atoms with Crippen molar-refractivity contribution in [2.45, 2.75) is 0 Å². The molecule has 0 aliphatic carbocycles. The molecule has 0 aliphatic rings. The quantitative estimate of drug-likeness (QED) is 0.504. The maximum atomic E-state index is 11.9. The Hall–Kier alpha value is -3.33. The molecule has 0 saturated heterocycles. The van der Waals surface area contributed by atoms with Crippen LogP contribution in [0.2, 0.25) is 5.02 Å². The summed E-state index contributed by atoms with van der Waals surface area (Å²) in [6, 6.07) is 9.12. The molecule has 1 N–H and O–H groups in total. The van der Waals surface area contributed by atoms with Crippen molar-refractivity contribution in [1.82, 2.24) is 5.43 Å². The van der Waals surface area contributed by atoms with Crippen molar-refractivity contribution >= 4 is 35.1 Å². The summed E-state index contributed by atoms with van der Waals surface area (Å²) in [6.45, 7) is 0. The van der Waals surface area contributed by atoms with Crippen LogP contribution in [0, 0.1) is 20.2 Å². The van der Waals surface area contributed by atoms with Gasteiger partial charge in [-0.15, -0.1) is 0 Å². The van der Waals surface area contributed by atoms with E-state index in [9.17, 15) is 25.0 Å². The largest absolute Gasteiger partial charge is 0.288 e. The van der Waals surface area contributed by atoms with Crippen LogP contribution in [0.1, 0.15) is 15.9 Å². The lowest BCUT2D eigenvalue weighted by molar-refractivity contribution is -0.385. The lowest BCUT2D eigenvalue weighted by Crippen LogP contribution is -2.17. The number of nitrogens with one attached hydrogen (secondary N) is 1. The predicted molar refractivity (Wildman–Crippen MR) is 86.3 cm³/mol. The van der Waals surface area contributed by atoms with Crippen LogP contribution < -0.4 is 5.43 Å². The van der Waals surface area contributed by atoms with Crippen molar-refractivity contribution in [2.75, 3.05) is 0 Å². The van der Waals surface area contributed by atoms with Crippen molar-refractivity contribution in [2.24, 2.45) is 5.10 Å². The van der Waals surface area contributed by atoms with E-state index in [1.807, 2.05) is 0 Å². The minimum absolute atomic E-state index is 0.0203. The van der Waals surface area contributed by atoms with E-state index in [0.717, 1.165) is 6.07 Å². The van der Waals surface area contributed by atoms with E-state index in [0.29, 0.717) is 5.56 Å². The van der Waals surface area contributed by atoms with Crippen LogP contribution in [0.5, 0.6) is 0 Å². The number of amides is 1. The van der Waals surface area contributed by atoms with Gasteiger partial charge < -0.3 is 0 Å². The summed E-state index contributed by atoms with van der Waals surface area (Å²) in [5.41, 5.74) is 2.30. The molecular formula is C14H9ClN4O5. The van der Waals surface area contributed by atoms with E-state index >= 15 is 0 Å². The molecular weight excluding hydrogens is 340 g/mol. The van der Waals surface area contributed by atoms with Crippen LogP contribution in [-0.4, -0.2) is 22.0 Å². The van der Waals surface area contributed by atoms with Gasteiger partial charge in [-0.05, 0) is 29.8 Å². The van der Waals surface area contributed by atoms with Crippen LogP contribution in [-0.2, 0) is 0 Å². The molecule has 0 aliphatic heterocycles. The summed E-state index contributed by atoms with van der Waals surface area (Å²) < 4.78 is 0. The molecule has 0 spiro atoms. The minimum Gasteiger partial charge on any atom is -0.267 e. The maximum Gasteiger partial charge on any atom is 0.288 e. The molecule has 0 heterocycles. The molecule has 0 radical (unpaired) electrons. The molecule has 0 bridgehead atoms. The monoisotopic (exact) mass is 348 g/mol. The molecule has 2 rings (SSSR count). The summed E-state index contributed by atoms with van der Waals surface area (Å²) in [5, 5.41) is 24.9. The number of nitro groups is 2. The molecule has 0 unspecified atom stereocenters. The number of hydrazone groups is 1. The third kappa shape index (κ3) is 4.11. The topological polar surface area (TPSA) is 128 Å². The Morgan fingerprint density at radius 2 is 1.75 bits per heavy atom. The fourth-order valence-corrected chi connectivity index (χ4v) is 1.89. The Kier molecular flexibility index (Phi) is 5.17. The molecule has 9 nitrogen and oxygen atoms in total. The number of non-ortho nitro benzene ring substituents is 1. The summed E-state index contributed by atoms with van der Waals surface area (Å²) in [7, 11) is 0. The van der Waals surface area contributed by atoms with E-state index in [1.54, 1.807) is 0 Å². The number of nitrogens with zero attached hydrogens (tertiary/aromatic N) is 3. The second-order valence-electron chi connectivity index (χ2n) is 4.47. The highest BCUT2D eigenvalue weighted by Gasteiger charge is 2.15. The van der Waals surface area contributed by atoms with Gasteiger partial charge in [-0.3, -0.25) is 25.0 Å². The Morgan fingerprint density at radius 1 is 1.08 bits per heavy atom. The Morgan fingerprint density at radius 3 is 2.33 bits per heavy atom. The van der Waals surface area contributed by atoms with E-state index in [2.05, 4.69) is 10.5 Å². The smallest absolute Gasteiger partial charge is 0.267 e. The van der Waals surface area contributed by atoms with Gasteiger partial charge in [0.1, 0.15) is 5.02 Å². The van der Waals surface area contributed by atoms with Crippen LogP contribution in [0.25, 0.3) is 0 Å². The van der Waals surface area contributed by atoms with Gasteiger partial charge in [-0.2, -0.15) is 5.10 Å². The Balaban J connectivity index is 2.06. The van der Waals surface area contributed by atoms with Crippen LogP contribution in [0.4, 0.5) is 11.4 Å². The van der Waals surface area contributed by atoms with Crippen molar-refractivity contribution in [3.8, 4) is 0 Å². The first-order valence-electron chi connectivity index (χ1n) is 6.40. The Bertz CT molecular complexity index is 836. The van der Waals surface area contributed by atoms with Crippen LogP contribution in [0.3, 0.4) is 0 Å². The third-order valence-corrected chi connectivity index (χ3v) is 3.21. The second-order valence-corrected chi connectivity index (χ2v) is 4.88. The normalized spacial score (nSPS) is 10.5. The SMILES string of the molecule is O=C(NN=Cc1ccc([N+](=O)[O-])cc1)c1ccc(Cl)c([N+](=O)[O-])c1. The molecule has 122 valence electrons. The molecule has 2 aromatic rings. The summed E-state index contributed by atoms with van der Waals surface area (Å²) >= 11 is 5.66. The van der Waals surface area contributed by atoms with Gasteiger partial charge in [0.15, 0.2) is 0 Å². The fraction of sp³-hybridized carbons (Fsp3) is 0. The number of carbonyl (C=O) groups excluding carboxylic acids is 1. The number of halogens is 1. The zero-order chi connectivity index (χ0) is 17.7. The molecule has 0 aromatic heterocycles. The van der Waals surface area contributed by atoms with Crippen LogP contribution >= 0.6 is 11.6 Å². The first-order valence-corrected chi connectivity index (χ1v) is 6.78. The molecule has 0 atom stereocenters. The zero-order valence-corrected chi connectivity index (χ0v) is 12.6. The zero-order valence-electron chi connectivity index (χ0n) is 11.9. The number of benzene rings is 2. The van der Waals surface area contributed by atoms with Crippen LogP contribution in [0.15, 0.2) is 47.6 Å². The first-order chi connectivity index (χ1) is 11.4. The van der Waals surface area contributed by atoms with Gasteiger partial charge in [0.25, 0.3) is 17.3 Å². The number of carbonyl (C=O) groups is 1. The Labute approximate surface area is 139 Å². The number of hydrogen-bond donors (Lipinski definition) is 1. The van der Waals surface area contributed by atoms with Crippen molar-refractivity contribution in [1.29, 1.82) is 0 Å². The van der Waals surface area contributed by atoms with Crippen molar-refractivity contribution < 1.29 is 14.6 Å².